The Labute approximate surface area is 116 Å². The average molecular weight is 266 g/mol. The van der Waals surface area contributed by atoms with Crippen LogP contribution in [-0.4, -0.2) is 33.8 Å². The molecule has 0 unspecified atom stereocenters. The van der Waals surface area contributed by atoms with Gasteiger partial charge in [-0.3, -0.25) is 14.5 Å². The van der Waals surface area contributed by atoms with Crippen molar-refractivity contribution in [1.29, 1.82) is 0 Å². The number of nitrogens with one attached hydrogen (secondary N) is 1. The van der Waals surface area contributed by atoms with Gasteiger partial charge in [-0.15, -0.1) is 0 Å². The number of hydrogen-bond acceptors (Lipinski definition) is 3. The fraction of sp³-hybridized carbons (Fsp3) is 0.733. The van der Waals surface area contributed by atoms with Gasteiger partial charge in [0.15, 0.2) is 0 Å². The Morgan fingerprint density at radius 3 is 1.95 bits per heavy atom. The van der Waals surface area contributed by atoms with Crippen LogP contribution in [0.4, 0.5) is 0 Å². The van der Waals surface area contributed by atoms with Crippen molar-refractivity contribution < 1.29 is 9.59 Å². The molecule has 4 heteroatoms. The van der Waals surface area contributed by atoms with E-state index in [9.17, 15) is 9.59 Å². The number of amides is 2. The molecule has 2 amide bonds. The van der Waals surface area contributed by atoms with Gasteiger partial charge in [0.05, 0.1) is 0 Å². The van der Waals surface area contributed by atoms with Crippen LogP contribution < -0.4 is 5.32 Å². The molecule has 0 saturated heterocycles. The van der Waals surface area contributed by atoms with Crippen LogP contribution in [0.1, 0.15) is 54.4 Å². The molecule has 0 radical (unpaired) electrons. The van der Waals surface area contributed by atoms with Gasteiger partial charge in [0.1, 0.15) is 0 Å². The van der Waals surface area contributed by atoms with Crippen molar-refractivity contribution in [2.45, 2.75) is 71.5 Å². The van der Waals surface area contributed by atoms with Crippen molar-refractivity contribution in [3.8, 4) is 0 Å². The third-order valence-electron chi connectivity index (χ3n) is 3.46. The third-order valence-corrected chi connectivity index (χ3v) is 3.46. The van der Waals surface area contributed by atoms with E-state index < -0.39 is 5.54 Å². The molecule has 0 spiro atoms. The maximum absolute atomic E-state index is 11.7. The van der Waals surface area contributed by atoms with E-state index in [-0.39, 0.29) is 17.4 Å². The van der Waals surface area contributed by atoms with E-state index in [0.717, 1.165) is 12.8 Å². The molecule has 0 aliphatic carbocycles. The van der Waals surface area contributed by atoms with Crippen LogP contribution in [-0.2, 0) is 9.59 Å². The summed E-state index contributed by atoms with van der Waals surface area (Å²) in [5.74, 6) is -0.408. The van der Waals surface area contributed by atoms with E-state index >= 15 is 0 Å². The van der Waals surface area contributed by atoms with E-state index in [2.05, 4.69) is 33.0 Å². The first-order valence-electron chi connectivity index (χ1n) is 6.89. The summed E-state index contributed by atoms with van der Waals surface area (Å²) in [5, 5.41) is 3.50. The molecule has 0 bridgehead atoms. The van der Waals surface area contributed by atoms with E-state index in [0.29, 0.717) is 6.04 Å². The van der Waals surface area contributed by atoms with E-state index in [1.807, 2.05) is 13.8 Å². The second-order valence-electron chi connectivity index (χ2n) is 6.84. The predicted molar refractivity (Wildman–Crippen MR) is 76.7 cm³/mol. The zero-order chi connectivity index (χ0) is 14.8. The lowest BCUT2D eigenvalue weighted by molar-refractivity contribution is -0.143. The Kier molecular flexibility index (Phi) is 4.56. The van der Waals surface area contributed by atoms with Crippen molar-refractivity contribution >= 4 is 11.8 Å². The van der Waals surface area contributed by atoms with E-state index in [1.54, 1.807) is 0 Å². The van der Waals surface area contributed by atoms with E-state index in [1.165, 1.54) is 17.1 Å². The van der Waals surface area contributed by atoms with Gasteiger partial charge in [-0.25, -0.2) is 0 Å². The second-order valence-corrected chi connectivity index (χ2v) is 6.84. The first kappa shape index (κ1) is 15.9. The second kappa shape index (κ2) is 5.45. The van der Waals surface area contributed by atoms with Crippen molar-refractivity contribution in [3.63, 3.8) is 0 Å². The molecule has 108 valence electrons. The Hall–Kier alpha value is -1.16. The van der Waals surface area contributed by atoms with Gasteiger partial charge in [0, 0.05) is 29.3 Å². The van der Waals surface area contributed by atoms with Gasteiger partial charge in [0.2, 0.25) is 0 Å². The first-order chi connectivity index (χ1) is 8.55. The molecule has 0 aromatic rings. The van der Waals surface area contributed by atoms with Crippen LogP contribution in [0.3, 0.4) is 0 Å². The van der Waals surface area contributed by atoms with Crippen molar-refractivity contribution in [2.24, 2.45) is 0 Å². The quantitative estimate of drug-likeness (QED) is 0.750. The minimum atomic E-state index is -0.451. The van der Waals surface area contributed by atoms with Crippen molar-refractivity contribution in [1.82, 2.24) is 10.2 Å². The van der Waals surface area contributed by atoms with Gasteiger partial charge in [-0.05, 0) is 40.5 Å². The molecule has 19 heavy (non-hydrogen) atoms. The topological polar surface area (TPSA) is 49.4 Å². The van der Waals surface area contributed by atoms with Gasteiger partial charge in [-0.2, -0.15) is 0 Å². The number of carbonyl (C=O) groups excluding carboxylic acids is 2. The molecular formula is C15H26N2O2. The highest BCUT2D eigenvalue weighted by Gasteiger charge is 2.37. The Morgan fingerprint density at radius 1 is 1.05 bits per heavy atom. The summed E-state index contributed by atoms with van der Waals surface area (Å²) < 4.78 is 0. The summed E-state index contributed by atoms with van der Waals surface area (Å²) in [4.78, 5) is 24.8. The molecular weight excluding hydrogens is 240 g/mol. The van der Waals surface area contributed by atoms with Crippen LogP contribution in [0.5, 0.6) is 0 Å². The zero-order valence-electron chi connectivity index (χ0n) is 12.9. The van der Waals surface area contributed by atoms with Gasteiger partial charge >= 0.3 is 0 Å². The van der Waals surface area contributed by atoms with Gasteiger partial charge in [0.25, 0.3) is 11.8 Å². The highest BCUT2D eigenvalue weighted by Crippen LogP contribution is 2.27. The molecule has 1 rings (SSSR count). The molecule has 1 aliphatic rings. The monoisotopic (exact) mass is 266 g/mol. The molecule has 0 aromatic heterocycles. The molecule has 1 aliphatic heterocycles. The fourth-order valence-electron chi connectivity index (χ4n) is 2.58. The minimum absolute atomic E-state index is 0.00924. The smallest absolute Gasteiger partial charge is 0.254 e. The maximum atomic E-state index is 11.7. The molecule has 4 nitrogen and oxygen atoms in total. The highest BCUT2D eigenvalue weighted by molar-refractivity contribution is 6.13. The summed E-state index contributed by atoms with van der Waals surface area (Å²) in [6, 6.07) is 0.412. The number of nitrogens with zero attached hydrogens (tertiary/aromatic N) is 1. The summed E-state index contributed by atoms with van der Waals surface area (Å²) >= 11 is 0. The standard InChI is InChI=1S/C15H26N2O2/c1-11(2)16-14(3,4)9-10-15(5,6)17-12(18)7-8-13(17)19/h7-8,11,16H,9-10H2,1-6H3. The van der Waals surface area contributed by atoms with Crippen LogP contribution in [0.15, 0.2) is 12.2 Å². The number of carbonyl (C=O) groups is 2. The van der Waals surface area contributed by atoms with Gasteiger partial charge < -0.3 is 5.32 Å². The lowest BCUT2D eigenvalue weighted by Crippen LogP contribution is -2.50. The Morgan fingerprint density at radius 2 is 1.53 bits per heavy atom. The molecule has 0 fully saturated rings. The van der Waals surface area contributed by atoms with Crippen LogP contribution in [0, 0.1) is 0 Å². The molecule has 0 aromatic carbocycles. The number of rotatable bonds is 6. The fourth-order valence-corrected chi connectivity index (χ4v) is 2.58. The molecule has 0 atom stereocenters. The molecule has 1 N–H and O–H groups in total. The third kappa shape index (κ3) is 4.16. The SMILES string of the molecule is CC(C)NC(C)(C)CCC(C)(C)N1C(=O)C=CC1=O. The number of imide groups is 1. The van der Waals surface area contributed by atoms with Crippen LogP contribution >= 0.6 is 0 Å². The maximum Gasteiger partial charge on any atom is 0.254 e. The lowest BCUT2D eigenvalue weighted by Gasteiger charge is -2.37. The molecule has 1 heterocycles. The highest BCUT2D eigenvalue weighted by atomic mass is 16.2. The summed E-state index contributed by atoms with van der Waals surface area (Å²) in [6.45, 7) is 12.4. The largest absolute Gasteiger partial charge is 0.310 e. The Bertz CT molecular complexity index is 377. The van der Waals surface area contributed by atoms with Crippen molar-refractivity contribution in [2.75, 3.05) is 0 Å². The lowest BCUT2D eigenvalue weighted by atomic mass is 9.88. The van der Waals surface area contributed by atoms with Crippen LogP contribution in [0.25, 0.3) is 0 Å². The summed E-state index contributed by atoms with van der Waals surface area (Å²) in [6.07, 6.45) is 4.37. The summed E-state index contributed by atoms with van der Waals surface area (Å²) in [7, 11) is 0. The normalized spacial score (nSPS) is 16.9. The van der Waals surface area contributed by atoms with Crippen molar-refractivity contribution in [3.05, 3.63) is 12.2 Å². The average Bonchev–Trinajstić information content (AvgIpc) is 2.55. The number of hydrogen-bond donors (Lipinski definition) is 1. The molecule has 0 saturated carbocycles. The Balaban J connectivity index is 2.65. The predicted octanol–water partition coefficient (Wildman–Crippen LogP) is 2.25. The minimum Gasteiger partial charge on any atom is -0.310 e. The summed E-state index contributed by atoms with van der Waals surface area (Å²) in [5.41, 5.74) is -0.460. The first-order valence-corrected chi connectivity index (χ1v) is 6.89. The zero-order valence-corrected chi connectivity index (χ0v) is 12.9. The van der Waals surface area contributed by atoms with E-state index in [4.69, 9.17) is 0 Å². The van der Waals surface area contributed by atoms with Crippen LogP contribution in [0.2, 0.25) is 0 Å². The van der Waals surface area contributed by atoms with Gasteiger partial charge in [-0.1, -0.05) is 13.8 Å².